The Morgan fingerprint density at radius 1 is 1.44 bits per heavy atom. The number of aromatic nitrogens is 2. The lowest BCUT2D eigenvalue weighted by Crippen LogP contribution is -2.18. The number of fused-ring (bicyclic) bond motifs is 1. The van der Waals surface area contributed by atoms with Crippen molar-refractivity contribution < 1.29 is 29.0 Å². The van der Waals surface area contributed by atoms with E-state index in [1.54, 1.807) is 0 Å². The third kappa shape index (κ3) is 1.86. The fourth-order valence-electron chi connectivity index (χ4n) is 1.61. The highest BCUT2D eigenvalue weighted by Crippen LogP contribution is 2.34. The quantitative estimate of drug-likeness (QED) is 0.664. The van der Waals surface area contributed by atoms with Gasteiger partial charge in [-0.3, -0.25) is 8.97 Å². The van der Waals surface area contributed by atoms with Gasteiger partial charge >= 0.3 is 13.6 Å². The fourth-order valence-corrected chi connectivity index (χ4v) is 2.29. The Balaban J connectivity index is 2.94. The van der Waals surface area contributed by atoms with E-state index in [2.05, 4.69) is 4.98 Å². The van der Waals surface area contributed by atoms with Gasteiger partial charge in [0, 0.05) is 0 Å². The Bertz CT molecular complexity index is 673. The molecular weight excluding hydrogens is 263 g/mol. The summed E-state index contributed by atoms with van der Waals surface area (Å²) in [4.78, 5) is 33.3. The van der Waals surface area contributed by atoms with E-state index in [0.717, 1.165) is 10.6 Å². The molecule has 2 aromatic heterocycles. The number of hydrogen-bond donors (Lipinski definition) is 3. The normalized spacial score (nSPS) is 11.7. The Morgan fingerprint density at radius 3 is 2.61 bits per heavy atom. The zero-order valence-corrected chi connectivity index (χ0v) is 10.0. The van der Waals surface area contributed by atoms with Crippen LogP contribution in [0, 0.1) is 0 Å². The van der Waals surface area contributed by atoms with Crippen molar-refractivity contribution >= 4 is 24.6 Å². The molecule has 0 aliphatic heterocycles. The average Bonchev–Trinajstić information content (AvgIpc) is 2.70. The van der Waals surface area contributed by atoms with Crippen molar-refractivity contribution in [2.45, 2.75) is 0 Å². The van der Waals surface area contributed by atoms with Crippen LogP contribution in [0.4, 0.5) is 0 Å². The summed E-state index contributed by atoms with van der Waals surface area (Å²) in [6, 6.07) is 2.78. The molecule has 9 heteroatoms. The molecule has 18 heavy (non-hydrogen) atoms. The molecule has 0 atom stereocenters. The minimum atomic E-state index is -4.63. The number of carbonyl (C=O) groups is 1. The number of rotatable bonds is 3. The first-order chi connectivity index (χ1) is 8.36. The molecule has 2 aromatic rings. The second kappa shape index (κ2) is 4.09. The van der Waals surface area contributed by atoms with E-state index in [9.17, 15) is 9.36 Å². The van der Waals surface area contributed by atoms with Gasteiger partial charge in [-0.2, -0.15) is 0 Å². The van der Waals surface area contributed by atoms with Crippen molar-refractivity contribution in [1.82, 2.24) is 9.38 Å². The zero-order valence-electron chi connectivity index (χ0n) is 9.14. The Kier molecular flexibility index (Phi) is 2.86. The number of carboxylic acid groups (broad SMARTS) is 1. The van der Waals surface area contributed by atoms with Gasteiger partial charge in [0.2, 0.25) is 0 Å². The summed E-state index contributed by atoms with van der Waals surface area (Å²) in [6.45, 7) is 0. The number of carboxylic acids is 1. The first-order valence-corrected chi connectivity index (χ1v) is 6.31. The second-order valence-electron chi connectivity index (χ2n) is 3.41. The van der Waals surface area contributed by atoms with Gasteiger partial charge in [0.25, 0.3) is 0 Å². The fraction of sp³-hybridized carbons (Fsp3) is 0.111. The third-order valence-corrected chi connectivity index (χ3v) is 3.24. The largest absolute Gasteiger partial charge is 0.494 e. The van der Waals surface area contributed by atoms with Gasteiger partial charge < -0.3 is 19.6 Å². The molecule has 0 radical (unpaired) electrons. The molecule has 8 nitrogen and oxygen atoms in total. The number of imidazole rings is 1. The van der Waals surface area contributed by atoms with Gasteiger partial charge in [-0.25, -0.2) is 9.78 Å². The van der Waals surface area contributed by atoms with E-state index in [1.165, 1.54) is 19.2 Å². The molecule has 0 saturated carbocycles. The molecule has 0 unspecified atom stereocenters. The van der Waals surface area contributed by atoms with Crippen molar-refractivity contribution in [3.05, 3.63) is 24.0 Å². The van der Waals surface area contributed by atoms with Crippen LogP contribution in [0.5, 0.6) is 5.75 Å². The van der Waals surface area contributed by atoms with E-state index in [-0.39, 0.29) is 17.1 Å². The Morgan fingerprint density at radius 2 is 2.11 bits per heavy atom. The average molecular weight is 272 g/mol. The van der Waals surface area contributed by atoms with Crippen LogP contribution < -0.4 is 10.2 Å². The maximum Gasteiger partial charge on any atom is 0.374 e. The van der Waals surface area contributed by atoms with Gasteiger partial charge in [-0.1, -0.05) is 0 Å². The number of pyridine rings is 1. The van der Waals surface area contributed by atoms with Crippen molar-refractivity contribution in [3.8, 4) is 5.75 Å². The van der Waals surface area contributed by atoms with Gasteiger partial charge in [-0.15, -0.1) is 0 Å². The molecule has 2 heterocycles. The molecule has 0 bridgehead atoms. The summed E-state index contributed by atoms with van der Waals surface area (Å²) in [7, 11) is -3.37. The van der Waals surface area contributed by atoms with Crippen molar-refractivity contribution in [2.75, 3.05) is 7.11 Å². The minimum Gasteiger partial charge on any atom is -0.494 e. The van der Waals surface area contributed by atoms with Gasteiger partial charge in [0.1, 0.15) is 5.65 Å². The molecule has 0 amide bonds. The van der Waals surface area contributed by atoms with Crippen LogP contribution in [-0.2, 0) is 4.57 Å². The monoisotopic (exact) mass is 272 g/mol. The van der Waals surface area contributed by atoms with Crippen LogP contribution in [0.2, 0.25) is 0 Å². The van der Waals surface area contributed by atoms with E-state index >= 15 is 0 Å². The van der Waals surface area contributed by atoms with Crippen molar-refractivity contribution in [3.63, 3.8) is 0 Å². The van der Waals surface area contributed by atoms with Crippen LogP contribution in [0.25, 0.3) is 5.65 Å². The van der Waals surface area contributed by atoms with Gasteiger partial charge in [0.05, 0.1) is 13.3 Å². The summed E-state index contributed by atoms with van der Waals surface area (Å²) < 4.78 is 17.0. The topological polar surface area (TPSA) is 121 Å². The van der Waals surface area contributed by atoms with Crippen LogP contribution in [0.15, 0.2) is 18.3 Å². The molecule has 0 spiro atoms. The third-order valence-electron chi connectivity index (χ3n) is 2.33. The number of methoxy groups -OCH3 is 1. The van der Waals surface area contributed by atoms with Crippen LogP contribution in [-0.4, -0.2) is 37.4 Å². The second-order valence-corrected chi connectivity index (χ2v) is 4.96. The van der Waals surface area contributed by atoms with Gasteiger partial charge in [0.15, 0.2) is 16.9 Å². The highest BCUT2D eigenvalue weighted by molar-refractivity contribution is 7.60. The van der Waals surface area contributed by atoms with Crippen LogP contribution in [0.3, 0.4) is 0 Å². The summed E-state index contributed by atoms with van der Waals surface area (Å²) in [5.41, 5.74) is -0.758. The first kappa shape index (κ1) is 12.6. The molecule has 0 aliphatic carbocycles. The Labute approximate surface area is 101 Å². The summed E-state index contributed by atoms with van der Waals surface area (Å²) >= 11 is 0. The maximum atomic E-state index is 11.3. The predicted molar refractivity (Wildman–Crippen MR) is 60.4 cm³/mol. The standard InChI is InChI=1S/C9H9N2O6P/c1-17-5-2-3-6-10-4-7(18(14,15)16)11(6)8(5)9(12)13/h2-4H,1H3,(H,12,13)(H2,14,15,16). The van der Waals surface area contributed by atoms with E-state index < -0.39 is 19.0 Å². The van der Waals surface area contributed by atoms with E-state index in [4.69, 9.17) is 19.6 Å². The van der Waals surface area contributed by atoms with E-state index in [1.807, 2.05) is 0 Å². The number of hydrogen-bond acceptors (Lipinski definition) is 4. The van der Waals surface area contributed by atoms with Gasteiger partial charge in [-0.05, 0) is 12.1 Å². The molecule has 3 N–H and O–H groups in total. The molecule has 0 fully saturated rings. The molecule has 0 saturated heterocycles. The zero-order chi connectivity index (χ0) is 13.5. The van der Waals surface area contributed by atoms with Crippen LogP contribution >= 0.6 is 7.60 Å². The molecule has 0 aromatic carbocycles. The summed E-state index contributed by atoms with van der Waals surface area (Å²) in [6.07, 6.45) is 0.946. The lowest BCUT2D eigenvalue weighted by molar-refractivity contribution is 0.0685. The van der Waals surface area contributed by atoms with E-state index in [0.29, 0.717) is 0 Å². The SMILES string of the molecule is COc1ccc2ncc(P(=O)(O)O)n2c1C(=O)O. The molecular formula is C9H9N2O6P. The lowest BCUT2D eigenvalue weighted by atomic mass is 10.3. The van der Waals surface area contributed by atoms with Crippen molar-refractivity contribution in [1.29, 1.82) is 0 Å². The smallest absolute Gasteiger partial charge is 0.374 e. The molecule has 2 rings (SSSR count). The Hall–Kier alpha value is -1.89. The summed E-state index contributed by atoms with van der Waals surface area (Å²) in [5.74, 6) is -1.38. The molecule has 96 valence electrons. The minimum absolute atomic E-state index is 0.0114. The number of aromatic carboxylic acids is 1. The summed E-state index contributed by atoms with van der Waals surface area (Å²) in [5, 5.41) is 9.12. The first-order valence-electron chi connectivity index (χ1n) is 4.70. The van der Waals surface area contributed by atoms with Crippen LogP contribution in [0.1, 0.15) is 10.5 Å². The predicted octanol–water partition coefficient (Wildman–Crippen LogP) is -0.156. The van der Waals surface area contributed by atoms with Crippen molar-refractivity contribution in [2.24, 2.45) is 0 Å². The number of ether oxygens (including phenoxy) is 1. The number of nitrogens with zero attached hydrogens (tertiary/aromatic N) is 2. The lowest BCUT2D eigenvalue weighted by Gasteiger charge is -2.10. The highest BCUT2D eigenvalue weighted by atomic mass is 31.2. The highest BCUT2D eigenvalue weighted by Gasteiger charge is 2.27. The maximum absolute atomic E-state index is 11.3. The molecule has 0 aliphatic rings.